The summed E-state index contributed by atoms with van der Waals surface area (Å²) in [5.41, 5.74) is 1.38. The number of anilines is 2. The van der Waals surface area contributed by atoms with Crippen molar-refractivity contribution in [2.75, 3.05) is 36.9 Å². The third-order valence-electron chi connectivity index (χ3n) is 4.97. The summed E-state index contributed by atoms with van der Waals surface area (Å²) in [7, 11) is 1.72. The largest absolute Gasteiger partial charge is 0.473 e. The number of guanidine groups is 1. The van der Waals surface area contributed by atoms with Crippen molar-refractivity contribution in [3.05, 3.63) is 40.0 Å². The molecule has 2 aromatic rings. The van der Waals surface area contributed by atoms with E-state index in [1.807, 2.05) is 13.0 Å². The summed E-state index contributed by atoms with van der Waals surface area (Å²) in [6.07, 6.45) is 3.98. The lowest BCUT2D eigenvalue weighted by Gasteiger charge is -2.31. The maximum Gasteiger partial charge on any atom is 0.235 e. The molecule has 2 heterocycles. The normalized spacial score (nSPS) is 17.2. The van der Waals surface area contributed by atoms with Gasteiger partial charge in [0.2, 0.25) is 24.0 Å². The molecule has 1 aromatic heterocycles. The lowest BCUT2D eigenvalue weighted by atomic mass is 10.1. The summed E-state index contributed by atoms with van der Waals surface area (Å²) < 4.78 is 6.17. The van der Waals surface area contributed by atoms with Crippen molar-refractivity contribution >= 4 is 40.8 Å². The number of hydrogen-bond donors (Lipinski definition) is 1. The first kappa shape index (κ1) is 23.1. The molecular formula is C21H25Cl2N7O. The zero-order valence-electron chi connectivity index (χ0n) is 17.8. The van der Waals surface area contributed by atoms with E-state index in [4.69, 9.17) is 33.2 Å². The number of nitrogens with one attached hydrogen (secondary N) is 1. The molecule has 1 unspecified atom stereocenters. The maximum absolute atomic E-state index is 9.16. The number of aliphatic imine (C=N–C) groups is 1. The standard InChI is InChI=1S/C21H25Cl2N7O/c1-4-30-9-5-6-16(12-30)31-19-10-14(2)26-21(28-19)29(3)20(25-13-24)27-15-7-8-17(22)18(23)11-15/h7-8,10-11,16H,4-6,9,12H2,1-3H3,(H,25,27). The van der Waals surface area contributed by atoms with Crippen LogP contribution in [0.1, 0.15) is 25.5 Å². The fourth-order valence-corrected chi connectivity index (χ4v) is 3.63. The van der Waals surface area contributed by atoms with Crippen molar-refractivity contribution in [3.8, 4) is 12.1 Å². The van der Waals surface area contributed by atoms with Crippen LogP contribution in [-0.4, -0.2) is 53.6 Å². The lowest BCUT2D eigenvalue weighted by molar-refractivity contribution is 0.0882. The number of halogens is 2. The topological polar surface area (TPSA) is 89.7 Å². The van der Waals surface area contributed by atoms with Gasteiger partial charge in [-0.1, -0.05) is 30.1 Å². The number of aryl methyl sites for hydroxylation is 1. The first-order valence-electron chi connectivity index (χ1n) is 10.1. The molecule has 10 heteroatoms. The average Bonchev–Trinajstić information content (AvgIpc) is 2.75. The van der Waals surface area contributed by atoms with Crippen LogP contribution in [0.25, 0.3) is 0 Å². The summed E-state index contributed by atoms with van der Waals surface area (Å²) >= 11 is 12.1. The van der Waals surface area contributed by atoms with Crippen molar-refractivity contribution in [1.29, 1.82) is 5.26 Å². The van der Waals surface area contributed by atoms with E-state index in [1.54, 1.807) is 36.3 Å². The summed E-state index contributed by atoms with van der Waals surface area (Å²) in [5.74, 6) is 1.11. The second-order valence-electron chi connectivity index (χ2n) is 7.27. The molecule has 0 bridgehead atoms. The van der Waals surface area contributed by atoms with Gasteiger partial charge >= 0.3 is 0 Å². The van der Waals surface area contributed by atoms with E-state index in [9.17, 15) is 0 Å². The van der Waals surface area contributed by atoms with Gasteiger partial charge in [0.05, 0.1) is 10.0 Å². The molecule has 1 aliphatic heterocycles. The van der Waals surface area contributed by atoms with Crippen molar-refractivity contribution in [1.82, 2.24) is 14.9 Å². The Labute approximate surface area is 192 Å². The predicted molar refractivity (Wildman–Crippen MR) is 124 cm³/mol. The Morgan fingerprint density at radius 2 is 2.16 bits per heavy atom. The Kier molecular flexibility index (Phi) is 7.91. The maximum atomic E-state index is 9.16. The van der Waals surface area contributed by atoms with E-state index in [0.717, 1.165) is 38.2 Å². The highest BCUT2D eigenvalue weighted by molar-refractivity contribution is 6.42. The van der Waals surface area contributed by atoms with Gasteiger partial charge in [0, 0.05) is 31.0 Å². The monoisotopic (exact) mass is 461 g/mol. The molecule has 1 aliphatic rings. The highest BCUT2D eigenvalue weighted by atomic mass is 35.5. The van der Waals surface area contributed by atoms with Crippen LogP contribution in [-0.2, 0) is 0 Å². The number of rotatable bonds is 5. The van der Waals surface area contributed by atoms with E-state index in [1.165, 1.54) is 0 Å². The summed E-state index contributed by atoms with van der Waals surface area (Å²) in [5, 5.41) is 13.1. The van der Waals surface area contributed by atoms with E-state index < -0.39 is 0 Å². The van der Waals surface area contributed by atoms with Gasteiger partial charge < -0.3 is 10.1 Å². The molecule has 0 radical (unpaired) electrons. The molecule has 8 nitrogen and oxygen atoms in total. The molecule has 0 aliphatic carbocycles. The number of piperidine rings is 1. The number of aromatic nitrogens is 2. The van der Waals surface area contributed by atoms with Crippen molar-refractivity contribution < 1.29 is 4.74 Å². The molecule has 1 fully saturated rings. The third kappa shape index (κ3) is 6.20. The van der Waals surface area contributed by atoms with Crippen LogP contribution in [0.15, 0.2) is 29.3 Å². The SMILES string of the molecule is CCN1CCCC(Oc2cc(C)nc(N(C)/C(=N\C#N)Nc3ccc(Cl)c(Cl)c3)n2)C1. The van der Waals surface area contributed by atoms with Crippen molar-refractivity contribution in [3.63, 3.8) is 0 Å². The molecule has 0 amide bonds. The molecule has 164 valence electrons. The van der Waals surface area contributed by atoms with Gasteiger partial charge in [-0.15, -0.1) is 4.99 Å². The highest BCUT2D eigenvalue weighted by Crippen LogP contribution is 2.26. The van der Waals surface area contributed by atoms with E-state index in [2.05, 4.69) is 32.1 Å². The third-order valence-corrected chi connectivity index (χ3v) is 5.70. The Morgan fingerprint density at radius 1 is 1.35 bits per heavy atom. The summed E-state index contributed by atoms with van der Waals surface area (Å²) in [6.45, 7) is 7.01. The van der Waals surface area contributed by atoms with E-state index >= 15 is 0 Å². The average molecular weight is 462 g/mol. The Balaban J connectivity index is 1.80. The number of hydrogen-bond acceptors (Lipinski definition) is 6. The van der Waals surface area contributed by atoms with Crippen molar-refractivity contribution in [2.45, 2.75) is 32.8 Å². The second kappa shape index (κ2) is 10.6. The lowest BCUT2D eigenvalue weighted by Crippen LogP contribution is -2.41. The van der Waals surface area contributed by atoms with Crippen LogP contribution < -0.4 is 15.0 Å². The molecule has 1 saturated heterocycles. The second-order valence-corrected chi connectivity index (χ2v) is 8.09. The minimum atomic E-state index is 0.0859. The Bertz CT molecular complexity index is 992. The van der Waals surface area contributed by atoms with E-state index in [0.29, 0.717) is 27.6 Å². The van der Waals surface area contributed by atoms with Crippen LogP contribution in [0, 0.1) is 18.4 Å². The first-order chi connectivity index (χ1) is 14.9. The van der Waals surface area contributed by atoms with Gasteiger partial charge in [-0.2, -0.15) is 10.2 Å². The molecule has 31 heavy (non-hydrogen) atoms. The minimum absolute atomic E-state index is 0.0859. The zero-order chi connectivity index (χ0) is 22.4. The van der Waals surface area contributed by atoms with Crippen LogP contribution in [0.2, 0.25) is 10.0 Å². The zero-order valence-corrected chi connectivity index (χ0v) is 19.3. The Hall–Kier alpha value is -2.60. The van der Waals surface area contributed by atoms with Gasteiger partial charge in [0.1, 0.15) is 6.10 Å². The van der Waals surface area contributed by atoms with Gasteiger partial charge in [-0.25, -0.2) is 4.98 Å². The Morgan fingerprint density at radius 3 is 2.87 bits per heavy atom. The molecule has 1 atom stereocenters. The van der Waals surface area contributed by atoms with Crippen LogP contribution in [0.5, 0.6) is 5.88 Å². The minimum Gasteiger partial charge on any atom is -0.473 e. The van der Waals surface area contributed by atoms with Crippen molar-refractivity contribution in [2.24, 2.45) is 4.99 Å². The van der Waals surface area contributed by atoms with Crippen LogP contribution in [0.4, 0.5) is 11.6 Å². The fourth-order valence-electron chi connectivity index (χ4n) is 3.33. The number of ether oxygens (including phenoxy) is 1. The van der Waals surface area contributed by atoms with Crippen LogP contribution in [0.3, 0.4) is 0 Å². The van der Waals surface area contributed by atoms with Gasteiger partial charge in [0.25, 0.3) is 0 Å². The van der Waals surface area contributed by atoms with Gasteiger partial charge in [-0.05, 0) is 51.1 Å². The first-order valence-corrected chi connectivity index (χ1v) is 10.8. The predicted octanol–water partition coefficient (Wildman–Crippen LogP) is 4.34. The quantitative estimate of drug-likeness (QED) is 0.402. The molecular weight excluding hydrogens is 437 g/mol. The molecule has 0 spiro atoms. The number of likely N-dealkylation sites (N-methyl/N-ethyl adjacent to an activating group) is 1. The number of benzene rings is 1. The molecule has 0 saturated carbocycles. The number of nitriles is 1. The molecule has 1 aromatic carbocycles. The van der Waals surface area contributed by atoms with Gasteiger partial charge in [0.15, 0.2) is 0 Å². The smallest absolute Gasteiger partial charge is 0.235 e. The fraction of sp³-hybridized carbons (Fsp3) is 0.429. The van der Waals surface area contributed by atoms with Gasteiger partial charge in [-0.3, -0.25) is 9.80 Å². The number of nitrogens with zero attached hydrogens (tertiary/aromatic N) is 6. The van der Waals surface area contributed by atoms with Crippen LogP contribution >= 0.6 is 23.2 Å². The number of likely N-dealkylation sites (tertiary alicyclic amines) is 1. The highest BCUT2D eigenvalue weighted by Gasteiger charge is 2.22. The van der Waals surface area contributed by atoms with E-state index in [-0.39, 0.29) is 12.1 Å². The molecule has 1 N–H and O–H groups in total. The summed E-state index contributed by atoms with van der Waals surface area (Å²) in [4.78, 5) is 16.9. The summed E-state index contributed by atoms with van der Waals surface area (Å²) in [6, 6.07) is 6.87. The molecule has 3 rings (SSSR count).